The Bertz CT molecular complexity index is 516. The summed E-state index contributed by atoms with van der Waals surface area (Å²) in [7, 11) is 0. The maximum Gasteiger partial charge on any atom is 0.0646 e. The molecule has 0 fully saturated rings. The molecule has 0 saturated heterocycles. The highest BCUT2D eigenvalue weighted by Crippen LogP contribution is 2.28. The standard InChI is InChI=1S/C14H15ClN2S/c15-12-8-11(6-7-13(12)16)18-9-14(17)10-4-2-1-3-5-10/h1-8,14H,9,16-17H2. The quantitative estimate of drug-likeness (QED) is 0.662. The van der Waals surface area contributed by atoms with Crippen molar-refractivity contribution in [1.82, 2.24) is 0 Å². The van der Waals surface area contributed by atoms with E-state index in [1.165, 1.54) is 0 Å². The van der Waals surface area contributed by atoms with Gasteiger partial charge < -0.3 is 11.5 Å². The third-order valence-corrected chi connectivity index (χ3v) is 4.07. The minimum atomic E-state index is 0.0209. The summed E-state index contributed by atoms with van der Waals surface area (Å²) in [6.07, 6.45) is 0. The van der Waals surface area contributed by atoms with Crippen LogP contribution >= 0.6 is 23.4 Å². The van der Waals surface area contributed by atoms with Crippen LogP contribution in [-0.4, -0.2) is 5.75 Å². The van der Waals surface area contributed by atoms with E-state index in [2.05, 4.69) is 0 Å². The number of benzene rings is 2. The molecule has 4 heteroatoms. The molecular weight excluding hydrogens is 264 g/mol. The van der Waals surface area contributed by atoms with Gasteiger partial charge in [-0.05, 0) is 23.8 Å². The van der Waals surface area contributed by atoms with E-state index in [9.17, 15) is 0 Å². The third-order valence-electron chi connectivity index (χ3n) is 2.63. The summed E-state index contributed by atoms with van der Waals surface area (Å²) in [5.41, 5.74) is 13.6. The Hall–Kier alpha value is -1.16. The molecule has 0 aromatic heterocycles. The van der Waals surface area contributed by atoms with Crippen LogP contribution in [0, 0.1) is 0 Å². The van der Waals surface area contributed by atoms with Crippen molar-refractivity contribution in [2.75, 3.05) is 11.5 Å². The van der Waals surface area contributed by atoms with Gasteiger partial charge in [-0.25, -0.2) is 0 Å². The fourth-order valence-electron chi connectivity index (χ4n) is 1.58. The first-order chi connectivity index (χ1) is 8.66. The largest absolute Gasteiger partial charge is 0.398 e. The summed E-state index contributed by atoms with van der Waals surface area (Å²) in [6.45, 7) is 0. The molecule has 18 heavy (non-hydrogen) atoms. The molecule has 0 aliphatic carbocycles. The van der Waals surface area contributed by atoms with Gasteiger partial charge in [0.05, 0.1) is 10.7 Å². The van der Waals surface area contributed by atoms with Gasteiger partial charge in [0.15, 0.2) is 0 Å². The molecule has 1 atom stereocenters. The van der Waals surface area contributed by atoms with Crippen molar-refractivity contribution in [2.45, 2.75) is 10.9 Å². The molecule has 1 unspecified atom stereocenters. The number of hydrogen-bond acceptors (Lipinski definition) is 3. The highest BCUT2D eigenvalue weighted by molar-refractivity contribution is 7.99. The summed E-state index contributed by atoms with van der Waals surface area (Å²) in [6, 6.07) is 15.7. The topological polar surface area (TPSA) is 52.0 Å². The van der Waals surface area contributed by atoms with Crippen molar-refractivity contribution in [3.63, 3.8) is 0 Å². The van der Waals surface area contributed by atoms with E-state index in [-0.39, 0.29) is 6.04 Å². The minimum Gasteiger partial charge on any atom is -0.398 e. The number of rotatable bonds is 4. The van der Waals surface area contributed by atoms with Crippen molar-refractivity contribution >= 4 is 29.1 Å². The lowest BCUT2D eigenvalue weighted by Gasteiger charge is -2.11. The fraction of sp³-hybridized carbons (Fsp3) is 0.143. The number of anilines is 1. The Morgan fingerprint density at radius 3 is 2.50 bits per heavy atom. The van der Waals surface area contributed by atoms with Gasteiger partial charge in [-0.15, -0.1) is 11.8 Å². The molecular formula is C14H15ClN2S. The number of nitrogen functional groups attached to an aromatic ring is 1. The van der Waals surface area contributed by atoms with Crippen LogP contribution in [0.1, 0.15) is 11.6 Å². The van der Waals surface area contributed by atoms with E-state index in [0.29, 0.717) is 10.7 Å². The number of hydrogen-bond donors (Lipinski definition) is 2. The molecule has 0 spiro atoms. The molecule has 4 N–H and O–H groups in total. The average Bonchev–Trinajstić information content (AvgIpc) is 2.41. The van der Waals surface area contributed by atoms with E-state index >= 15 is 0 Å². The Balaban J connectivity index is 1.97. The van der Waals surface area contributed by atoms with Gasteiger partial charge in [-0.1, -0.05) is 41.9 Å². The molecule has 0 radical (unpaired) electrons. The van der Waals surface area contributed by atoms with Crippen molar-refractivity contribution in [3.8, 4) is 0 Å². The van der Waals surface area contributed by atoms with Gasteiger partial charge in [-0.3, -0.25) is 0 Å². The molecule has 0 bridgehead atoms. The summed E-state index contributed by atoms with van der Waals surface area (Å²) < 4.78 is 0. The van der Waals surface area contributed by atoms with Crippen molar-refractivity contribution in [3.05, 3.63) is 59.1 Å². The van der Waals surface area contributed by atoms with E-state index in [1.54, 1.807) is 11.8 Å². The fourth-order valence-corrected chi connectivity index (χ4v) is 2.76. The van der Waals surface area contributed by atoms with Gasteiger partial charge in [0.25, 0.3) is 0 Å². The molecule has 2 aromatic rings. The van der Waals surface area contributed by atoms with Gasteiger partial charge in [0.1, 0.15) is 0 Å². The molecule has 2 nitrogen and oxygen atoms in total. The lowest BCUT2D eigenvalue weighted by molar-refractivity contribution is 0.831. The molecule has 0 aliphatic heterocycles. The Morgan fingerprint density at radius 1 is 1.11 bits per heavy atom. The van der Waals surface area contributed by atoms with Crippen LogP contribution in [0.15, 0.2) is 53.4 Å². The first-order valence-corrected chi connectivity index (χ1v) is 7.01. The zero-order valence-corrected chi connectivity index (χ0v) is 11.4. The summed E-state index contributed by atoms with van der Waals surface area (Å²) in [5.74, 6) is 0.810. The smallest absolute Gasteiger partial charge is 0.0646 e. The first-order valence-electron chi connectivity index (χ1n) is 5.65. The molecule has 0 heterocycles. The number of thioether (sulfide) groups is 1. The van der Waals surface area contributed by atoms with Crippen LogP contribution in [0.5, 0.6) is 0 Å². The van der Waals surface area contributed by atoms with Crippen molar-refractivity contribution in [1.29, 1.82) is 0 Å². The van der Waals surface area contributed by atoms with E-state index < -0.39 is 0 Å². The Labute approximate surface area is 116 Å². The highest BCUT2D eigenvalue weighted by Gasteiger charge is 2.06. The minimum absolute atomic E-state index is 0.0209. The molecule has 0 saturated carbocycles. The zero-order valence-electron chi connectivity index (χ0n) is 9.84. The molecule has 0 aliphatic rings. The van der Waals surface area contributed by atoms with E-state index in [0.717, 1.165) is 16.2 Å². The van der Waals surface area contributed by atoms with Gasteiger partial charge in [-0.2, -0.15) is 0 Å². The summed E-state index contributed by atoms with van der Waals surface area (Å²) in [4.78, 5) is 1.08. The second-order valence-electron chi connectivity index (χ2n) is 4.01. The van der Waals surface area contributed by atoms with E-state index in [1.807, 2.05) is 48.5 Å². The van der Waals surface area contributed by atoms with Crippen LogP contribution in [0.4, 0.5) is 5.69 Å². The van der Waals surface area contributed by atoms with Crippen LogP contribution in [0.3, 0.4) is 0 Å². The Kier molecular flexibility index (Phi) is 4.53. The number of halogens is 1. The highest BCUT2D eigenvalue weighted by atomic mass is 35.5. The maximum atomic E-state index is 6.13. The second-order valence-corrected chi connectivity index (χ2v) is 5.51. The SMILES string of the molecule is Nc1ccc(SCC(N)c2ccccc2)cc1Cl. The van der Waals surface area contributed by atoms with Gasteiger partial charge in [0, 0.05) is 16.7 Å². The Morgan fingerprint density at radius 2 is 1.83 bits per heavy atom. The predicted molar refractivity (Wildman–Crippen MR) is 80.0 cm³/mol. The lowest BCUT2D eigenvalue weighted by atomic mass is 10.1. The lowest BCUT2D eigenvalue weighted by Crippen LogP contribution is -2.12. The summed E-state index contributed by atoms with van der Waals surface area (Å²) >= 11 is 7.66. The summed E-state index contributed by atoms with van der Waals surface area (Å²) in [5, 5.41) is 0.591. The van der Waals surface area contributed by atoms with Crippen molar-refractivity contribution < 1.29 is 0 Å². The van der Waals surface area contributed by atoms with Gasteiger partial charge in [0.2, 0.25) is 0 Å². The van der Waals surface area contributed by atoms with Gasteiger partial charge >= 0.3 is 0 Å². The molecule has 2 aromatic carbocycles. The molecule has 2 rings (SSSR count). The molecule has 0 amide bonds. The second kappa shape index (κ2) is 6.14. The number of nitrogens with two attached hydrogens (primary N) is 2. The van der Waals surface area contributed by atoms with Crippen LogP contribution in [0.2, 0.25) is 5.02 Å². The normalized spacial score (nSPS) is 12.3. The third kappa shape index (κ3) is 3.42. The molecule has 94 valence electrons. The first kappa shape index (κ1) is 13.3. The van der Waals surface area contributed by atoms with E-state index in [4.69, 9.17) is 23.1 Å². The average molecular weight is 279 g/mol. The van der Waals surface area contributed by atoms with Crippen LogP contribution in [0.25, 0.3) is 0 Å². The maximum absolute atomic E-state index is 6.13. The predicted octanol–water partition coefficient (Wildman–Crippen LogP) is 3.71. The zero-order chi connectivity index (χ0) is 13.0. The van der Waals surface area contributed by atoms with Crippen molar-refractivity contribution in [2.24, 2.45) is 5.73 Å². The van der Waals surface area contributed by atoms with Crippen LogP contribution < -0.4 is 11.5 Å². The van der Waals surface area contributed by atoms with Crippen LogP contribution in [-0.2, 0) is 0 Å². The monoisotopic (exact) mass is 278 g/mol.